The number of para-hydroxylation sites is 1. The van der Waals surface area contributed by atoms with Crippen LogP contribution in [0, 0.1) is 0 Å². The standard InChI is InChI=1S/C32H35N3O5S.CH2O2/c1-40-29-18-9-13-25(19-29)22-33-23-31(36)30(20-24-11-5-3-6-12-24)34-32(37)26-14-10-17-28(21-26)35(41(2,38)39)27-15-7-4-8-16-27;2-1-3/h3-19,21,30-31,33,36H,20,22-23H2,1-2H3,(H,34,37);1H,(H,2,3)/t30-,31+;/m0./s1. The first-order valence-electron chi connectivity index (χ1n) is 13.8. The third kappa shape index (κ3) is 10.2. The van der Waals surface area contributed by atoms with E-state index in [1.54, 1.807) is 55.6 Å². The molecule has 4 rings (SSSR count). The molecule has 0 radical (unpaired) electrons. The number of ether oxygens (including phenoxy) is 1. The number of sulfonamides is 1. The fourth-order valence-corrected chi connectivity index (χ4v) is 5.56. The number of carbonyl (C=O) groups is 2. The minimum absolute atomic E-state index is 0.241. The van der Waals surface area contributed by atoms with Crippen LogP contribution in [0.15, 0.2) is 109 Å². The summed E-state index contributed by atoms with van der Waals surface area (Å²) in [5.74, 6) is 0.337. The summed E-state index contributed by atoms with van der Waals surface area (Å²) < 4.78 is 31.9. The summed E-state index contributed by atoms with van der Waals surface area (Å²) in [6.07, 6.45) is 0.635. The van der Waals surface area contributed by atoms with E-state index in [1.165, 1.54) is 10.4 Å². The van der Waals surface area contributed by atoms with E-state index < -0.39 is 28.1 Å². The van der Waals surface area contributed by atoms with Crippen LogP contribution in [0.2, 0.25) is 0 Å². The van der Waals surface area contributed by atoms with Crippen LogP contribution in [0.3, 0.4) is 0 Å². The number of benzene rings is 4. The number of anilines is 2. The lowest BCUT2D eigenvalue weighted by molar-refractivity contribution is -0.122. The first kappa shape index (κ1) is 33.8. The normalized spacial score (nSPS) is 12.2. The Hall–Kier alpha value is -4.71. The van der Waals surface area contributed by atoms with E-state index in [-0.39, 0.29) is 18.6 Å². The summed E-state index contributed by atoms with van der Waals surface area (Å²) in [5.41, 5.74) is 3.05. The van der Waals surface area contributed by atoms with E-state index in [2.05, 4.69) is 10.6 Å². The van der Waals surface area contributed by atoms with Crippen LogP contribution >= 0.6 is 0 Å². The van der Waals surface area contributed by atoms with Crippen molar-refractivity contribution in [1.82, 2.24) is 10.6 Å². The van der Waals surface area contributed by atoms with Crippen molar-refractivity contribution in [1.29, 1.82) is 0 Å². The van der Waals surface area contributed by atoms with Crippen LogP contribution in [0.25, 0.3) is 0 Å². The number of carboxylic acid groups (broad SMARTS) is 1. The van der Waals surface area contributed by atoms with E-state index in [0.717, 1.165) is 23.1 Å². The van der Waals surface area contributed by atoms with Gasteiger partial charge in [-0.15, -0.1) is 0 Å². The van der Waals surface area contributed by atoms with Crippen molar-refractivity contribution in [3.63, 3.8) is 0 Å². The van der Waals surface area contributed by atoms with Gasteiger partial charge in [-0.25, -0.2) is 12.7 Å². The average molecular weight is 620 g/mol. The van der Waals surface area contributed by atoms with E-state index in [1.807, 2.05) is 54.6 Å². The van der Waals surface area contributed by atoms with Crippen molar-refractivity contribution in [2.45, 2.75) is 25.1 Å². The van der Waals surface area contributed by atoms with Gasteiger partial charge >= 0.3 is 0 Å². The maximum atomic E-state index is 13.5. The predicted molar refractivity (Wildman–Crippen MR) is 171 cm³/mol. The topological polar surface area (TPSA) is 145 Å². The molecule has 10 nitrogen and oxygen atoms in total. The van der Waals surface area contributed by atoms with Crippen LogP contribution in [0.4, 0.5) is 11.4 Å². The molecule has 0 unspecified atom stereocenters. The Morgan fingerprint density at radius 1 is 0.886 bits per heavy atom. The number of methoxy groups -OCH3 is 1. The summed E-state index contributed by atoms with van der Waals surface area (Å²) in [5, 5.41) is 24.3. The van der Waals surface area contributed by atoms with Crippen LogP contribution < -0.4 is 19.7 Å². The number of hydrogen-bond acceptors (Lipinski definition) is 7. The summed E-state index contributed by atoms with van der Waals surface area (Å²) in [4.78, 5) is 21.8. The molecule has 0 aliphatic carbocycles. The zero-order valence-electron chi connectivity index (χ0n) is 24.5. The number of hydrogen-bond donors (Lipinski definition) is 4. The molecule has 0 saturated heterocycles. The summed E-state index contributed by atoms with van der Waals surface area (Å²) in [6.45, 7) is 0.508. The predicted octanol–water partition coefficient (Wildman–Crippen LogP) is 3.99. The fraction of sp³-hybridized carbons (Fsp3) is 0.212. The lowest BCUT2D eigenvalue weighted by atomic mass is 10.00. The molecule has 0 aromatic heterocycles. The summed E-state index contributed by atoms with van der Waals surface area (Å²) in [7, 11) is -2.07. The van der Waals surface area contributed by atoms with Crippen LogP contribution in [-0.4, -0.2) is 63.1 Å². The Bertz CT molecular complexity index is 1590. The van der Waals surface area contributed by atoms with Crippen molar-refractivity contribution in [2.24, 2.45) is 0 Å². The zero-order valence-corrected chi connectivity index (χ0v) is 25.4. The molecule has 0 aliphatic heterocycles. The van der Waals surface area contributed by atoms with Gasteiger partial charge in [-0.3, -0.25) is 9.59 Å². The molecule has 0 aliphatic rings. The van der Waals surface area contributed by atoms with Crippen LogP contribution in [0.5, 0.6) is 5.75 Å². The van der Waals surface area contributed by atoms with Gasteiger partial charge in [-0.2, -0.15) is 0 Å². The highest BCUT2D eigenvalue weighted by Gasteiger charge is 2.24. The van der Waals surface area contributed by atoms with Gasteiger partial charge in [-0.05, 0) is 60.0 Å². The molecular weight excluding hydrogens is 582 g/mol. The Labute approximate surface area is 258 Å². The first-order chi connectivity index (χ1) is 21.2. The Kier molecular flexibility index (Phi) is 12.9. The van der Waals surface area contributed by atoms with Crippen molar-refractivity contribution in [3.8, 4) is 5.75 Å². The maximum absolute atomic E-state index is 13.5. The molecule has 2 atom stereocenters. The second-order valence-corrected chi connectivity index (χ2v) is 11.7. The summed E-state index contributed by atoms with van der Waals surface area (Å²) >= 11 is 0. The van der Waals surface area contributed by atoms with Gasteiger partial charge in [0, 0.05) is 18.7 Å². The second-order valence-electron chi connectivity index (χ2n) is 9.84. The molecule has 0 saturated carbocycles. The average Bonchev–Trinajstić information content (AvgIpc) is 3.02. The molecule has 44 heavy (non-hydrogen) atoms. The molecule has 11 heteroatoms. The van der Waals surface area contributed by atoms with Crippen molar-refractivity contribution >= 4 is 33.8 Å². The van der Waals surface area contributed by atoms with E-state index in [0.29, 0.717) is 24.3 Å². The van der Waals surface area contributed by atoms with E-state index >= 15 is 0 Å². The van der Waals surface area contributed by atoms with Gasteiger partial charge in [-0.1, -0.05) is 66.7 Å². The zero-order chi connectivity index (χ0) is 32.0. The number of carbonyl (C=O) groups excluding carboxylic acids is 1. The maximum Gasteiger partial charge on any atom is 0.290 e. The van der Waals surface area contributed by atoms with Crippen molar-refractivity contribution < 1.29 is 33.0 Å². The van der Waals surface area contributed by atoms with Gasteiger partial charge in [0.05, 0.1) is 36.9 Å². The highest BCUT2D eigenvalue weighted by molar-refractivity contribution is 7.92. The molecule has 0 bridgehead atoms. The number of aliphatic hydroxyl groups is 1. The quantitative estimate of drug-likeness (QED) is 0.165. The SMILES string of the molecule is COc1cccc(CNC[C@@H](O)[C@H](Cc2ccccc2)NC(=O)c2cccc(N(c3ccccc3)S(C)(=O)=O)c2)c1.O=CO. The lowest BCUT2D eigenvalue weighted by Gasteiger charge is -2.26. The minimum Gasteiger partial charge on any atom is -0.497 e. The largest absolute Gasteiger partial charge is 0.497 e. The Morgan fingerprint density at radius 2 is 1.48 bits per heavy atom. The molecular formula is C33H37N3O7S. The van der Waals surface area contributed by atoms with Crippen molar-refractivity contribution in [3.05, 3.63) is 126 Å². The number of amides is 1. The smallest absolute Gasteiger partial charge is 0.290 e. The molecule has 0 heterocycles. The molecule has 4 N–H and O–H groups in total. The first-order valence-corrected chi connectivity index (χ1v) is 15.6. The summed E-state index contributed by atoms with van der Waals surface area (Å²) in [6, 6.07) is 31.8. The highest BCUT2D eigenvalue weighted by atomic mass is 32.2. The molecule has 4 aromatic rings. The van der Waals surface area contributed by atoms with Gasteiger partial charge in [0.15, 0.2) is 0 Å². The third-order valence-corrected chi connectivity index (χ3v) is 7.65. The second kappa shape index (κ2) is 16.8. The minimum atomic E-state index is -3.68. The van der Waals surface area contributed by atoms with Crippen LogP contribution in [-0.2, 0) is 27.8 Å². The van der Waals surface area contributed by atoms with E-state index in [4.69, 9.17) is 14.6 Å². The van der Waals surface area contributed by atoms with Crippen LogP contribution in [0.1, 0.15) is 21.5 Å². The Balaban J connectivity index is 0.00000169. The van der Waals surface area contributed by atoms with E-state index in [9.17, 15) is 18.3 Å². The van der Waals surface area contributed by atoms with Gasteiger partial charge < -0.3 is 25.6 Å². The van der Waals surface area contributed by atoms with Gasteiger partial charge in [0.1, 0.15) is 5.75 Å². The number of nitrogens with one attached hydrogen (secondary N) is 2. The Morgan fingerprint density at radius 3 is 2.11 bits per heavy atom. The fourth-order valence-electron chi connectivity index (χ4n) is 4.56. The third-order valence-electron chi connectivity index (χ3n) is 6.56. The molecule has 232 valence electrons. The number of aliphatic hydroxyl groups excluding tert-OH is 1. The monoisotopic (exact) mass is 619 g/mol. The number of rotatable bonds is 13. The van der Waals surface area contributed by atoms with Gasteiger partial charge in [0.2, 0.25) is 10.0 Å². The molecule has 1 amide bonds. The molecule has 0 spiro atoms. The highest BCUT2D eigenvalue weighted by Crippen LogP contribution is 2.29. The number of nitrogens with zero attached hydrogens (tertiary/aromatic N) is 1. The van der Waals surface area contributed by atoms with Crippen molar-refractivity contribution in [2.75, 3.05) is 24.2 Å². The molecule has 4 aromatic carbocycles. The van der Waals surface area contributed by atoms with Gasteiger partial charge in [0.25, 0.3) is 12.4 Å². The molecule has 0 fully saturated rings. The lowest BCUT2D eigenvalue weighted by Crippen LogP contribution is -2.48.